The van der Waals surface area contributed by atoms with Gasteiger partial charge < -0.3 is 19.6 Å². The molecule has 0 bridgehead atoms. The molecule has 0 aliphatic carbocycles. The van der Waals surface area contributed by atoms with Gasteiger partial charge in [0.1, 0.15) is 11.6 Å². The predicted molar refractivity (Wildman–Crippen MR) is 254 cm³/mol. The summed E-state index contributed by atoms with van der Waals surface area (Å²) in [4.78, 5) is 8.88. The first-order valence-corrected chi connectivity index (χ1v) is 21.1. The van der Waals surface area contributed by atoms with Gasteiger partial charge in [-0.15, -0.1) is 0 Å². The monoisotopic (exact) mass is 798 g/mol. The molecule has 8 heteroatoms. The molecular formula is C54H34B2F2N4. The minimum absolute atomic E-state index is 0.226. The molecular weight excluding hydrogens is 764 g/mol. The van der Waals surface area contributed by atoms with E-state index in [0.29, 0.717) is 0 Å². The van der Waals surface area contributed by atoms with Crippen molar-refractivity contribution >= 4 is 114 Å². The summed E-state index contributed by atoms with van der Waals surface area (Å²) in [5.41, 5.74) is 17.5. The zero-order valence-electron chi connectivity index (χ0n) is 33.3. The van der Waals surface area contributed by atoms with E-state index < -0.39 is 0 Å². The van der Waals surface area contributed by atoms with Gasteiger partial charge in [-0.1, -0.05) is 115 Å². The van der Waals surface area contributed by atoms with Crippen molar-refractivity contribution in [2.45, 2.75) is 0 Å². The van der Waals surface area contributed by atoms with Gasteiger partial charge in [0.25, 0.3) is 13.4 Å². The smallest absolute Gasteiger partial charge is 0.252 e. The zero-order valence-corrected chi connectivity index (χ0v) is 33.3. The third kappa shape index (κ3) is 4.95. The lowest BCUT2D eigenvalue weighted by molar-refractivity contribution is 0.628. The number of halogens is 2. The van der Waals surface area contributed by atoms with E-state index in [-0.39, 0.29) is 25.1 Å². The van der Waals surface area contributed by atoms with Crippen LogP contribution in [0.5, 0.6) is 0 Å². The van der Waals surface area contributed by atoms with Crippen LogP contribution in [0.2, 0.25) is 0 Å². The summed E-state index contributed by atoms with van der Waals surface area (Å²) in [6.45, 7) is -0.452. The molecule has 9 aromatic carbocycles. The molecule has 0 radical (unpaired) electrons. The van der Waals surface area contributed by atoms with Crippen molar-refractivity contribution in [3.8, 4) is 0 Å². The standard InChI is InChI=1S/C54H34B2F2N4/c57-35-29-49-53-51(31-35)61(39-21-9-3-10-22-39)47-34-48-44(33-43(47)55(53)41-25-13-15-27-45(41)59(49)37-17-5-1-6-18-37)56-42-26-14-16-28-46(42)60(38-19-7-2-8-20-38)50-30-36(58)32-52(54(50)56)62(48)40-23-11-4-12-24-40/h1-34H. The molecule has 13 rings (SSSR count). The highest BCUT2D eigenvalue weighted by Gasteiger charge is 2.48. The quantitative estimate of drug-likeness (QED) is 0.165. The molecule has 0 N–H and O–H groups in total. The maximum absolute atomic E-state index is 16.5. The van der Waals surface area contributed by atoms with E-state index in [1.807, 2.05) is 72.8 Å². The van der Waals surface area contributed by atoms with Gasteiger partial charge in [0.2, 0.25) is 0 Å². The minimum atomic E-state index is -0.315. The van der Waals surface area contributed by atoms with Crippen LogP contribution in [0.1, 0.15) is 0 Å². The number of benzene rings is 9. The fraction of sp³-hybridized carbons (Fsp3) is 0. The topological polar surface area (TPSA) is 13.0 Å². The number of para-hydroxylation sites is 6. The third-order valence-corrected chi connectivity index (χ3v) is 13.1. The molecule has 9 aromatic rings. The Morgan fingerprint density at radius 1 is 0.258 bits per heavy atom. The first-order chi connectivity index (χ1) is 30.6. The Hall–Kier alpha value is -7.83. The maximum Gasteiger partial charge on any atom is 0.252 e. The molecule has 4 nitrogen and oxygen atoms in total. The van der Waals surface area contributed by atoms with Crippen LogP contribution < -0.4 is 52.4 Å². The first-order valence-electron chi connectivity index (χ1n) is 21.1. The van der Waals surface area contributed by atoms with Gasteiger partial charge in [0.05, 0.1) is 0 Å². The molecule has 4 heterocycles. The van der Waals surface area contributed by atoms with Crippen molar-refractivity contribution < 1.29 is 8.78 Å². The lowest BCUT2D eigenvalue weighted by atomic mass is 9.30. The summed E-state index contributed by atoms with van der Waals surface area (Å²) >= 11 is 0. The van der Waals surface area contributed by atoms with Crippen molar-refractivity contribution in [3.05, 3.63) is 218 Å². The van der Waals surface area contributed by atoms with Gasteiger partial charge in [-0.2, -0.15) is 0 Å². The molecule has 0 spiro atoms. The predicted octanol–water partition coefficient (Wildman–Crippen LogP) is 10.1. The van der Waals surface area contributed by atoms with Crippen LogP contribution in [0.3, 0.4) is 0 Å². The average Bonchev–Trinajstić information content (AvgIpc) is 3.31. The van der Waals surface area contributed by atoms with Crippen molar-refractivity contribution in [3.63, 3.8) is 0 Å². The van der Waals surface area contributed by atoms with Crippen LogP contribution >= 0.6 is 0 Å². The summed E-state index contributed by atoms with van der Waals surface area (Å²) in [6.07, 6.45) is 0. The van der Waals surface area contributed by atoms with Crippen molar-refractivity contribution in [2.24, 2.45) is 0 Å². The zero-order chi connectivity index (χ0) is 41.1. The summed E-state index contributed by atoms with van der Waals surface area (Å²) < 4.78 is 33.0. The van der Waals surface area contributed by atoms with E-state index >= 15 is 8.78 Å². The van der Waals surface area contributed by atoms with Crippen LogP contribution in [-0.2, 0) is 0 Å². The van der Waals surface area contributed by atoms with Gasteiger partial charge in [0.15, 0.2) is 0 Å². The van der Waals surface area contributed by atoms with E-state index in [9.17, 15) is 0 Å². The van der Waals surface area contributed by atoms with Gasteiger partial charge in [-0.3, -0.25) is 0 Å². The Morgan fingerprint density at radius 3 is 0.887 bits per heavy atom. The fourth-order valence-electron chi connectivity index (χ4n) is 10.7. The van der Waals surface area contributed by atoms with E-state index in [1.54, 1.807) is 24.3 Å². The van der Waals surface area contributed by atoms with Crippen molar-refractivity contribution in [1.82, 2.24) is 0 Å². The Labute approximate surface area is 359 Å². The molecule has 0 saturated heterocycles. The maximum atomic E-state index is 16.5. The SMILES string of the molecule is Fc1cc2c3c(c1)N(c1ccccc1)c1cc4c(cc1B3c1ccccc1N2c1ccccc1)B1c2ccccc2N(c2ccccc2)c2cc(F)cc(c21)N4c1ccccc1. The summed E-state index contributed by atoms with van der Waals surface area (Å²) in [5.74, 6) is -0.630. The van der Waals surface area contributed by atoms with Gasteiger partial charge in [-0.25, -0.2) is 8.78 Å². The van der Waals surface area contributed by atoms with Crippen LogP contribution in [0, 0.1) is 11.6 Å². The average molecular weight is 799 g/mol. The molecule has 0 amide bonds. The molecule has 0 aromatic heterocycles. The Bertz CT molecular complexity index is 3040. The molecule has 0 saturated carbocycles. The highest BCUT2D eigenvalue weighted by Crippen LogP contribution is 2.48. The van der Waals surface area contributed by atoms with Crippen LogP contribution in [0.4, 0.5) is 77.0 Å². The van der Waals surface area contributed by atoms with Crippen LogP contribution in [0.25, 0.3) is 0 Å². The number of hydrogen-bond donors (Lipinski definition) is 0. The van der Waals surface area contributed by atoms with Crippen LogP contribution in [0.15, 0.2) is 206 Å². The Balaban J connectivity index is 1.15. The number of nitrogens with zero attached hydrogens (tertiary/aromatic N) is 4. The normalized spacial score (nSPS) is 13.8. The second kappa shape index (κ2) is 13.3. The summed E-state index contributed by atoms with van der Waals surface area (Å²) in [6, 6.07) is 69.7. The van der Waals surface area contributed by atoms with Crippen molar-refractivity contribution in [2.75, 3.05) is 19.6 Å². The Morgan fingerprint density at radius 2 is 0.548 bits per heavy atom. The van der Waals surface area contributed by atoms with E-state index in [4.69, 9.17) is 0 Å². The minimum Gasteiger partial charge on any atom is -0.311 e. The number of fused-ring (bicyclic) bond motifs is 8. The van der Waals surface area contributed by atoms with Crippen molar-refractivity contribution in [1.29, 1.82) is 0 Å². The highest BCUT2D eigenvalue weighted by atomic mass is 19.1. The number of anilines is 12. The van der Waals surface area contributed by atoms with E-state index in [2.05, 4.69) is 129 Å². The summed E-state index contributed by atoms with van der Waals surface area (Å²) in [7, 11) is 0. The first kappa shape index (κ1) is 35.0. The van der Waals surface area contributed by atoms with E-state index in [1.165, 1.54) is 0 Å². The fourth-order valence-corrected chi connectivity index (χ4v) is 10.7. The highest BCUT2D eigenvalue weighted by molar-refractivity contribution is 7.03. The molecule has 290 valence electrons. The van der Waals surface area contributed by atoms with E-state index in [0.717, 1.165) is 101 Å². The second-order valence-corrected chi connectivity index (χ2v) is 16.4. The van der Waals surface area contributed by atoms with Crippen LogP contribution in [-0.4, -0.2) is 13.4 Å². The Kier molecular flexibility index (Phi) is 7.52. The number of hydrogen-bond acceptors (Lipinski definition) is 4. The summed E-state index contributed by atoms with van der Waals surface area (Å²) in [5, 5.41) is 0. The lowest BCUT2D eigenvalue weighted by Gasteiger charge is -2.47. The van der Waals surface area contributed by atoms with Gasteiger partial charge in [-0.05, 0) is 124 Å². The molecule has 4 aliphatic heterocycles. The second-order valence-electron chi connectivity index (χ2n) is 16.4. The van der Waals surface area contributed by atoms with Gasteiger partial charge in [0, 0.05) is 68.2 Å². The molecule has 0 atom stereocenters. The number of rotatable bonds is 4. The third-order valence-electron chi connectivity index (χ3n) is 13.1. The molecule has 0 fully saturated rings. The van der Waals surface area contributed by atoms with Gasteiger partial charge >= 0.3 is 0 Å². The molecule has 62 heavy (non-hydrogen) atoms. The lowest BCUT2D eigenvalue weighted by Crippen LogP contribution is -2.65. The largest absolute Gasteiger partial charge is 0.311 e. The molecule has 4 aliphatic rings. The molecule has 0 unspecified atom stereocenters.